The summed E-state index contributed by atoms with van der Waals surface area (Å²) in [6, 6.07) is 7.94. The van der Waals surface area contributed by atoms with E-state index in [1.165, 1.54) is 5.56 Å². The zero-order valence-corrected chi connectivity index (χ0v) is 15.4. The van der Waals surface area contributed by atoms with E-state index in [4.69, 9.17) is 16.3 Å². The third kappa shape index (κ3) is 6.84. The van der Waals surface area contributed by atoms with Crippen molar-refractivity contribution >= 4 is 41.5 Å². The number of ether oxygens (including phenoxy) is 1. The van der Waals surface area contributed by atoms with Crippen molar-refractivity contribution in [3.05, 3.63) is 34.9 Å². The van der Waals surface area contributed by atoms with Gasteiger partial charge in [-0.25, -0.2) is 0 Å². The largest absolute Gasteiger partial charge is 0.376 e. The van der Waals surface area contributed by atoms with E-state index in [1.54, 1.807) is 7.05 Å². The Labute approximate surface area is 148 Å². The topological polar surface area (TPSA) is 45.7 Å². The van der Waals surface area contributed by atoms with Crippen LogP contribution in [0.15, 0.2) is 29.3 Å². The number of halogens is 2. The van der Waals surface area contributed by atoms with Crippen LogP contribution in [0.25, 0.3) is 0 Å². The normalized spacial score (nSPS) is 18.2. The van der Waals surface area contributed by atoms with Gasteiger partial charge in [0.25, 0.3) is 0 Å². The molecule has 0 aromatic heterocycles. The summed E-state index contributed by atoms with van der Waals surface area (Å²) in [5.41, 5.74) is 1.22. The molecular formula is C15H23ClIN3O. The molecule has 2 rings (SSSR count). The molecule has 1 saturated heterocycles. The van der Waals surface area contributed by atoms with Gasteiger partial charge < -0.3 is 15.4 Å². The maximum Gasteiger partial charge on any atom is 0.191 e. The fraction of sp³-hybridized carbons (Fsp3) is 0.533. The molecule has 0 amide bonds. The van der Waals surface area contributed by atoms with Crippen molar-refractivity contribution in [1.82, 2.24) is 10.6 Å². The van der Waals surface area contributed by atoms with Gasteiger partial charge in [0, 0.05) is 31.8 Å². The van der Waals surface area contributed by atoms with Crippen molar-refractivity contribution < 1.29 is 4.74 Å². The Kier molecular flexibility index (Phi) is 9.03. The van der Waals surface area contributed by atoms with Crippen LogP contribution in [0.1, 0.15) is 18.4 Å². The molecular weight excluding hydrogens is 401 g/mol. The van der Waals surface area contributed by atoms with E-state index in [0.29, 0.717) is 6.10 Å². The monoisotopic (exact) mass is 423 g/mol. The molecule has 118 valence electrons. The summed E-state index contributed by atoms with van der Waals surface area (Å²) in [4.78, 5) is 4.21. The lowest BCUT2D eigenvalue weighted by Crippen LogP contribution is -2.41. The Morgan fingerprint density at radius 2 is 2.29 bits per heavy atom. The molecule has 1 aliphatic rings. The molecule has 4 nitrogen and oxygen atoms in total. The van der Waals surface area contributed by atoms with Gasteiger partial charge in [0.2, 0.25) is 0 Å². The first-order valence-corrected chi connectivity index (χ1v) is 7.46. The molecule has 1 heterocycles. The molecule has 1 aliphatic heterocycles. The number of hydrogen-bond acceptors (Lipinski definition) is 2. The summed E-state index contributed by atoms with van der Waals surface area (Å²) in [6.07, 6.45) is 3.53. The van der Waals surface area contributed by atoms with Crippen LogP contribution >= 0.6 is 35.6 Å². The van der Waals surface area contributed by atoms with Crippen molar-refractivity contribution in [3.63, 3.8) is 0 Å². The highest BCUT2D eigenvalue weighted by Gasteiger charge is 2.15. The number of aliphatic imine (C=N–C) groups is 1. The van der Waals surface area contributed by atoms with Crippen LogP contribution in [-0.4, -0.2) is 38.8 Å². The summed E-state index contributed by atoms with van der Waals surface area (Å²) in [5.74, 6) is 0.822. The number of hydrogen-bond donors (Lipinski definition) is 2. The number of nitrogens with zero attached hydrogens (tertiary/aromatic N) is 1. The van der Waals surface area contributed by atoms with Gasteiger partial charge in [0.15, 0.2) is 5.96 Å². The van der Waals surface area contributed by atoms with Gasteiger partial charge in [-0.05, 0) is 37.0 Å². The third-order valence-corrected chi connectivity index (χ3v) is 3.58. The molecule has 1 unspecified atom stereocenters. The standard InChI is InChI=1S/C15H22ClN3O.HI/c1-17-15(19-11-14-6-3-9-20-14)18-8-7-12-4-2-5-13(16)10-12;/h2,4-5,10,14H,3,6-9,11H2,1H3,(H2,17,18,19);1H. The molecule has 1 aromatic rings. The molecule has 1 fully saturated rings. The van der Waals surface area contributed by atoms with Crippen molar-refractivity contribution in [3.8, 4) is 0 Å². The fourth-order valence-electron chi connectivity index (χ4n) is 2.25. The van der Waals surface area contributed by atoms with E-state index >= 15 is 0 Å². The fourth-order valence-corrected chi connectivity index (χ4v) is 2.47. The van der Waals surface area contributed by atoms with Crippen molar-refractivity contribution in [1.29, 1.82) is 0 Å². The van der Waals surface area contributed by atoms with E-state index < -0.39 is 0 Å². The van der Waals surface area contributed by atoms with Crippen molar-refractivity contribution in [2.75, 3.05) is 26.7 Å². The zero-order valence-electron chi connectivity index (χ0n) is 12.3. The molecule has 0 radical (unpaired) electrons. The summed E-state index contributed by atoms with van der Waals surface area (Å²) in [7, 11) is 1.78. The predicted molar refractivity (Wildman–Crippen MR) is 98.9 cm³/mol. The summed E-state index contributed by atoms with van der Waals surface area (Å²) >= 11 is 5.97. The van der Waals surface area contributed by atoms with E-state index in [0.717, 1.165) is 49.9 Å². The van der Waals surface area contributed by atoms with Crippen LogP contribution in [0.2, 0.25) is 5.02 Å². The van der Waals surface area contributed by atoms with Crippen LogP contribution in [0.5, 0.6) is 0 Å². The maximum atomic E-state index is 5.97. The molecule has 2 N–H and O–H groups in total. The smallest absolute Gasteiger partial charge is 0.191 e. The van der Waals surface area contributed by atoms with Crippen molar-refractivity contribution in [2.24, 2.45) is 4.99 Å². The van der Waals surface area contributed by atoms with Crippen molar-refractivity contribution in [2.45, 2.75) is 25.4 Å². The first-order chi connectivity index (χ1) is 9.78. The average Bonchev–Trinajstić information content (AvgIpc) is 2.96. The maximum absolute atomic E-state index is 5.97. The first-order valence-electron chi connectivity index (χ1n) is 7.08. The Bertz CT molecular complexity index is 450. The highest BCUT2D eigenvalue weighted by Crippen LogP contribution is 2.11. The lowest BCUT2D eigenvalue weighted by Gasteiger charge is -2.15. The van der Waals surface area contributed by atoms with Crippen LogP contribution in [0, 0.1) is 0 Å². The zero-order chi connectivity index (χ0) is 14.2. The van der Waals surface area contributed by atoms with E-state index in [1.807, 2.05) is 18.2 Å². The number of guanidine groups is 1. The Hall–Kier alpha value is -0.530. The van der Waals surface area contributed by atoms with Crippen LogP contribution < -0.4 is 10.6 Å². The van der Waals surface area contributed by atoms with Gasteiger partial charge in [-0.15, -0.1) is 24.0 Å². The molecule has 21 heavy (non-hydrogen) atoms. The van der Waals surface area contributed by atoms with Gasteiger partial charge in [-0.1, -0.05) is 23.7 Å². The van der Waals surface area contributed by atoms with Crippen LogP contribution in [0.4, 0.5) is 0 Å². The van der Waals surface area contributed by atoms with Gasteiger partial charge in [0.1, 0.15) is 0 Å². The Morgan fingerprint density at radius 3 is 2.95 bits per heavy atom. The SMILES string of the molecule is CN=C(NCCc1cccc(Cl)c1)NCC1CCCO1.I. The third-order valence-electron chi connectivity index (χ3n) is 3.34. The van der Waals surface area contributed by atoms with Gasteiger partial charge >= 0.3 is 0 Å². The number of rotatable bonds is 5. The molecule has 6 heteroatoms. The minimum absolute atomic E-state index is 0. The molecule has 0 saturated carbocycles. The molecule has 0 aliphatic carbocycles. The predicted octanol–water partition coefficient (Wildman–Crippen LogP) is 2.84. The molecule has 0 bridgehead atoms. The van der Waals surface area contributed by atoms with E-state index in [9.17, 15) is 0 Å². The second-order valence-electron chi connectivity index (χ2n) is 4.89. The number of nitrogens with one attached hydrogen (secondary N) is 2. The quantitative estimate of drug-likeness (QED) is 0.435. The summed E-state index contributed by atoms with van der Waals surface area (Å²) in [6.45, 7) is 2.52. The lowest BCUT2D eigenvalue weighted by atomic mass is 10.1. The van der Waals surface area contributed by atoms with Gasteiger partial charge in [-0.2, -0.15) is 0 Å². The van der Waals surface area contributed by atoms with Crippen LogP contribution in [0.3, 0.4) is 0 Å². The Balaban J connectivity index is 0.00000220. The first kappa shape index (κ1) is 18.5. The van der Waals surface area contributed by atoms with Gasteiger partial charge in [-0.3, -0.25) is 4.99 Å². The summed E-state index contributed by atoms with van der Waals surface area (Å²) in [5, 5.41) is 7.38. The minimum atomic E-state index is 0. The minimum Gasteiger partial charge on any atom is -0.376 e. The van der Waals surface area contributed by atoms with Gasteiger partial charge in [0.05, 0.1) is 6.10 Å². The second kappa shape index (κ2) is 10.2. The van der Waals surface area contributed by atoms with E-state index in [2.05, 4.69) is 21.7 Å². The van der Waals surface area contributed by atoms with Crippen LogP contribution in [-0.2, 0) is 11.2 Å². The molecule has 1 aromatic carbocycles. The molecule has 1 atom stereocenters. The Morgan fingerprint density at radius 1 is 1.43 bits per heavy atom. The highest BCUT2D eigenvalue weighted by atomic mass is 127. The lowest BCUT2D eigenvalue weighted by molar-refractivity contribution is 0.114. The summed E-state index contributed by atoms with van der Waals surface area (Å²) < 4.78 is 5.57. The number of benzene rings is 1. The van der Waals surface area contributed by atoms with E-state index in [-0.39, 0.29) is 24.0 Å². The molecule has 0 spiro atoms. The second-order valence-corrected chi connectivity index (χ2v) is 5.33. The highest BCUT2D eigenvalue weighted by molar-refractivity contribution is 14.0. The average molecular weight is 424 g/mol.